The first kappa shape index (κ1) is 16.6. The minimum Gasteiger partial charge on any atom is -0.502 e. The Kier molecular flexibility index (Phi) is 4.44. The fourth-order valence-electron chi connectivity index (χ4n) is 2.20. The van der Waals surface area contributed by atoms with Crippen LogP contribution in [0, 0.1) is 24.4 Å². The van der Waals surface area contributed by atoms with Crippen LogP contribution in [0.2, 0.25) is 0 Å². The summed E-state index contributed by atoms with van der Waals surface area (Å²) in [6, 6.07) is 2.30. The predicted molar refractivity (Wildman–Crippen MR) is 73.4 cm³/mol. The van der Waals surface area contributed by atoms with Crippen LogP contribution in [0.1, 0.15) is 29.4 Å². The second kappa shape index (κ2) is 6.15. The van der Waals surface area contributed by atoms with Crippen LogP contribution in [0.3, 0.4) is 0 Å². The molecule has 0 radical (unpaired) electrons. The predicted octanol–water partition coefficient (Wildman–Crippen LogP) is 2.08. The standard InChI is InChI=1S/C15H12F3NO4/c1-6-2-11(20)14(22)15(23-6)8(5-12(19)21)7-3-9(16)13(18)10(17)4-7/h2-4,8,22H,5H2,1H3,(H2,19,21)/t8-/m0/s1. The molecule has 122 valence electrons. The van der Waals surface area contributed by atoms with Gasteiger partial charge < -0.3 is 15.3 Å². The summed E-state index contributed by atoms with van der Waals surface area (Å²) in [6.07, 6.45) is -0.509. The van der Waals surface area contributed by atoms with E-state index in [0.29, 0.717) is 12.1 Å². The maximum atomic E-state index is 13.4. The molecule has 0 unspecified atom stereocenters. The Morgan fingerprint density at radius 2 is 1.83 bits per heavy atom. The summed E-state index contributed by atoms with van der Waals surface area (Å²) in [5, 5.41) is 9.84. The van der Waals surface area contributed by atoms with Gasteiger partial charge in [-0.2, -0.15) is 0 Å². The molecule has 3 N–H and O–H groups in total. The summed E-state index contributed by atoms with van der Waals surface area (Å²) in [5.74, 6) is -7.84. The van der Waals surface area contributed by atoms with Crippen molar-refractivity contribution in [2.45, 2.75) is 19.3 Å². The van der Waals surface area contributed by atoms with E-state index in [0.717, 1.165) is 6.07 Å². The first-order valence-electron chi connectivity index (χ1n) is 6.47. The van der Waals surface area contributed by atoms with Crippen molar-refractivity contribution < 1.29 is 27.5 Å². The van der Waals surface area contributed by atoms with Gasteiger partial charge in [0.2, 0.25) is 17.1 Å². The van der Waals surface area contributed by atoms with Crippen LogP contribution in [-0.2, 0) is 4.79 Å². The van der Waals surface area contributed by atoms with Crippen molar-refractivity contribution in [2.24, 2.45) is 5.73 Å². The second-order valence-corrected chi connectivity index (χ2v) is 4.96. The Morgan fingerprint density at radius 3 is 2.35 bits per heavy atom. The van der Waals surface area contributed by atoms with Gasteiger partial charge in [-0.25, -0.2) is 13.2 Å². The van der Waals surface area contributed by atoms with E-state index < -0.39 is 46.9 Å². The molecule has 0 spiro atoms. The third kappa shape index (κ3) is 3.36. The lowest BCUT2D eigenvalue weighted by Gasteiger charge is -2.17. The van der Waals surface area contributed by atoms with Gasteiger partial charge in [-0.15, -0.1) is 0 Å². The van der Waals surface area contributed by atoms with Crippen molar-refractivity contribution in [3.05, 3.63) is 63.0 Å². The highest BCUT2D eigenvalue weighted by molar-refractivity contribution is 5.75. The minimum absolute atomic E-state index is 0.111. The average Bonchev–Trinajstić information content (AvgIpc) is 2.45. The third-order valence-electron chi connectivity index (χ3n) is 3.20. The van der Waals surface area contributed by atoms with Crippen LogP contribution in [0.5, 0.6) is 5.75 Å². The van der Waals surface area contributed by atoms with Gasteiger partial charge in [0.25, 0.3) is 0 Å². The molecule has 8 heteroatoms. The first-order valence-corrected chi connectivity index (χ1v) is 6.47. The summed E-state index contributed by atoms with van der Waals surface area (Å²) in [6.45, 7) is 1.41. The molecule has 5 nitrogen and oxygen atoms in total. The zero-order valence-corrected chi connectivity index (χ0v) is 11.9. The van der Waals surface area contributed by atoms with Crippen molar-refractivity contribution in [1.82, 2.24) is 0 Å². The van der Waals surface area contributed by atoms with Gasteiger partial charge in [-0.1, -0.05) is 0 Å². The number of aryl methyl sites for hydroxylation is 1. The summed E-state index contributed by atoms with van der Waals surface area (Å²) in [7, 11) is 0. The first-order chi connectivity index (χ1) is 10.7. The molecular weight excluding hydrogens is 315 g/mol. The number of primary amides is 1. The van der Waals surface area contributed by atoms with E-state index in [2.05, 4.69) is 0 Å². The lowest BCUT2D eigenvalue weighted by Crippen LogP contribution is -2.18. The number of carbonyl (C=O) groups excluding carboxylic acids is 1. The molecule has 1 amide bonds. The Bertz CT molecular complexity index is 809. The number of rotatable bonds is 4. The van der Waals surface area contributed by atoms with Crippen LogP contribution in [-0.4, -0.2) is 11.0 Å². The molecule has 0 aliphatic heterocycles. The number of aromatic hydroxyl groups is 1. The average molecular weight is 327 g/mol. The monoisotopic (exact) mass is 327 g/mol. The Morgan fingerprint density at radius 1 is 1.26 bits per heavy atom. The molecule has 0 fully saturated rings. The van der Waals surface area contributed by atoms with E-state index in [1.54, 1.807) is 0 Å². The van der Waals surface area contributed by atoms with E-state index in [4.69, 9.17) is 10.2 Å². The maximum absolute atomic E-state index is 13.4. The zero-order valence-electron chi connectivity index (χ0n) is 11.9. The van der Waals surface area contributed by atoms with Crippen molar-refractivity contribution >= 4 is 5.91 Å². The fourth-order valence-corrected chi connectivity index (χ4v) is 2.20. The molecule has 2 aromatic rings. The number of nitrogens with two attached hydrogens (primary N) is 1. The molecule has 2 rings (SSSR count). The van der Waals surface area contributed by atoms with Gasteiger partial charge in [0.15, 0.2) is 23.2 Å². The van der Waals surface area contributed by atoms with E-state index in [-0.39, 0.29) is 17.1 Å². The number of amides is 1. The number of carbonyl (C=O) groups is 1. The Balaban J connectivity index is 2.68. The Labute approximate surface area is 128 Å². The highest BCUT2D eigenvalue weighted by Gasteiger charge is 2.27. The summed E-state index contributed by atoms with van der Waals surface area (Å²) >= 11 is 0. The van der Waals surface area contributed by atoms with Gasteiger partial charge in [0.1, 0.15) is 5.76 Å². The molecule has 0 aliphatic rings. The number of hydrogen-bond acceptors (Lipinski definition) is 4. The van der Waals surface area contributed by atoms with Crippen LogP contribution in [0.4, 0.5) is 13.2 Å². The van der Waals surface area contributed by atoms with Crippen molar-refractivity contribution in [1.29, 1.82) is 0 Å². The van der Waals surface area contributed by atoms with E-state index in [1.807, 2.05) is 0 Å². The topological polar surface area (TPSA) is 93.5 Å². The summed E-state index contributed by atoms with van der Waals surface area (Å²) in [4.78, 5) is 22.9. The third-order valence-corrected chi connectivity index (χ3v) is 3.20. The van der Waals surface area contributed by atoms with Gasteiger partial charge >= 0.3 is 0 Å². The van der Waals surface area contributed by atoms with E-state index in [9.17, 15) is 27.9 Å². The van der Waals surface area contributed by atoms with Gasteiger partial charge in [-0.3, -0.25) is 9.59 Å². The van der Waals surface area contributed by atoms with Crippen molar-refractivity contribution in [3.8, 4) is 5.75 Å². The normalized spacial score (nSPS) is 12.2. The molecule has 0 bridgehead atoms. The van der Waals surface area contributed by atoms with Crippen LogP contribution in [0.25, 0.3) is 0 Å². The quantitative estimate of drug-likeness (QED) is 0.841. The van der Waals surface area contributed by atoms with Crippen molar-refractivity contribution in [3.63, 3.8) is 0 Å². The molecule has 0 saturated carbocycles. The van der Waals surface area contributed by atoms with Gasteiger partial charge in [0.05, 0.1) is 5.92 Å². The fraction of sp³-hybridized carbons (Fsp3) is 0.200. The van der Waals surface area contributed by atoms with E-state index in [1.165, 1.54) is 6.92 Å². The molecule has 0 aliphatic carbocycles. The number of hydrogen-bond donors (Lipinski definition) is 2. The highest BCUT2D eigenvalue weighted by atomic mass is 19.2. The Hall–Kier alpha value is -2.77. The molecule has 0 saturated heterocycles. The lowest BCUT2D eigenvalue weighted by atomic mass is 9.91. The highest BCUT2D eigenvalue weighted by Crippen LogP contribution is 2.34. The lowest BCUT2D eigenvalue weighted by molar-refractivity contribution is -0.118. The largest absolute Gasteiger partial charge is 0.502 e. The number of benzene rings is 1. The van der Waals surface area contributed by atoms with Crippen LogP contribution >= 0.6 is 0 Å². The SMILES string of the molecule is Cc1cc(=O)c(O)c([C@@H](CC(N)=O)c2cc(F)c(F)c(F)c2)o1. The maximum Gasteiger partial charge on any atom is 0.227 e. The van der Waals surface area contributed by atoms with Crippen LogP contribution in [0.15, 0.2) is 27.4 Å². The molecule has 23 heavy (non-hydrogen) atoms. The zero-order chi connectivity index (χ0) is 17.3. The summed E-state index contributed by atoms with van der Waals surface area (Å²) in [5.41, 5.74) is 4.10. The molecule has 1 atom stereocenters. The van der Waals surface area contributed by atoms with Gasteiger partial charge in [0, 0.05) is 12.5 Å². The van der Waals surface area contributed by atoms with E-state index >= 15 is 0 Å². The molecular formula is C15H12F3NO4. The molecule has 1 heterocycles. The molecule has 1 aromatic carbocycles. The smallest absolute Gasteiger partial charge is 0.227 e. The minimum atomic E-state index is -1.68. The van der Waals surface area contributed by atoms with Crippen molar-refractivity contribution in [2.75, 3.05) is 0 Å². The number of halogens is 3. The van der Waals surface area contributed by atoms with Crippen LogP contribution < -0.4 is 11.2 Å². The molecule has 1 aromatic heterocycles. The second-order valence-electron chi connectivity index (χ2n) is 4.96. The van der Waals surface area contributed by atoms with Gasteiger partial charge in [-0.05, 0) is 24.6 Å². The summed E-state index contributed by atoms with van der Waals surface area (Å²) < 4.78 is 45.2.